The quantitative estimate of drug-likeness (QED) is 0.677. The summed E-state index contributed by atoms with van der Waals surface area (Å²) >= 11 is 0. The first-order valence-electron chi connectivity index (χ1n) is 5.63. The summed E-state index contributed by atoms with van der Waals surface area (Å²) in [5.41, 5.74) is 1.76. The molecule has 3 heteroatoms. The van der Waals surface area contributed by atoms with Gasteiger partial charge >= 0.3 is 0 Å². The Balaban J connectivity index is 2.20. The maximum atomic E-state index is 13.8. The van der Waals surface area contributed by atoms with Crippen molar-refractivity contribution in [1.82, 2.24) is 4.90 Å². The highest BCUT2D eigenvalue weighted by molar-refractivity contribution is 5.83. The van der Waals surface area contributed by atoms with Gasteiger partial charge in [0.25, 0.3) is 0 Å². The second-order valence-corrected chi connectivity index (χ2v) is 4.42. The number of nitrogens with zero attached hydrogens (tertiary/aromatic N) is 1. The van der Waals surface area contributed by atoms with Gasteiger partial charge in [-0.2, -0.15) is 0 Å². The minimum absolute atomic E-state index is 0.160. The molecule has 0 radical (unpaired) electrons. The molecule has 2 heterocycles. The Morgan fingerprint density at radius 2 is 2.06 bits per heavy atom. The molecule has 0 N–H and O–H groups in total. The first-order chi connectivity index (χ1) is 7.75. The van der Waals surface area contributed by atoms with E-state index in [0.717, 1.165) is 37.3 Å². The highest BCUT2D eigenvalue weighted by atomic mass is 19.1. The van der Waals surface area contributed by atoms with Crippen LogP contribution in [0, 0.1) is 5.82 Å². The van der Waals surface area contributed by atoms with Crippen LogP contribution >= 0.6 is 0 Å². The topological polar surface area (TPSA) is 16.4 Å². The number of benzene rings is 1. The van der Waals surface area contributed by atoms with Crippen molar-refractivity contribution in [3.8, 4) is 0 Å². The molecular weight excluding hydrogens is 205 g/mol. The van der Waals surface area contributed by atoms with E-state index in [0.29, 0.717) is 11.0 Å². The second kappa shape index (κ2) is 3.59. The lowest BCUT2D eigenvalue weighted by Gasteiger charge is -2.11. The van der Waals surface area contributed by atoms with E-state index in [4.69, 9.17) is 4.42 Å². The monoisotopic (exact) mass is 219 g/mol. The molecular formula is C13H14FNO. The summed E-state index contributed by atoms with van der Waals surface area (Å²) < 4.78 is 19.5. The van der Waals surface area contributed by atoms with Crippen LogP contribution in [-0.4, -0.2) is 25.0 Å². The molecule has 3 rings (SSSR count). The Kier molecular flexibility index (Phi) is 2.21. The fourth-order valence-electron chi connectivity index (χ4n) is 2.39. The van der Waals surface area contributed by atoms with Crippen LogP contribution in [0.1, 0.15) is 11.3 Å². The predicted molar refractivity (Wildman–Crippen MR) is 61.1 cm³/mol. The average Bonchev–Trinajstić information content (AvgIpc) is 2.54. The summed E-state index contributed by atoms with van der Waals surface area (Å²) in [6, 6.07) is 5.05. The molecule has 0 bridgehead atoms. The van der Waals surface area contributed by atoms with Crippen molar-refractivity contribution in [2.75, 3.05) is 20.1 Å². The second-order valence-electron chi connectivity index (χ2n) is 4.42. The van der Waals surface area contributed by atoms with Gasteiger partial charge in [0.15, 0.2) is 0 Å². The van der Waals surface area contributed by atoms with Gasteiger partial charge in [0.1, 0.15) is 17.2 Å². The van der Waals surface area contributed by atoms with Crippen molar-refractivity contribution < 1.29 is 8.81 Å². The fourth-order valence-corrected chi connectivity index (χ4v) is 2.39. The van der Waals surface area contributed by atoms with Crippen LogP contribution in [0.2, 0.25) is 0 Å². The number of hydrogen-bond acceptors (Lipinski definition) is 2. The van der Waals surface area contributed by atoms with Gasteiger partial charge in [0.2, 0.25) is 0 Å². The lowest BCUT2D eigenvalue weighted by atomic mass is 10.1. The van der Waals surface area contributed by atoms with Crippen LogP contribution in [0.3, 0.4) is 0 Å². The third-order valence-electron chi connectivity index (χ3n) is 3.31. The molecule has 1 aliphatic heterocycles. The maximum absolute atomic E-state index is 13.8. The van der Waals surface area contributed by atoms with Gasteiger partial charge in [-0.25, -0.2) is 4.39 Å². The molecule has 0 fully saturated rings. The molecule has 0 saturated carbocycles. The maximum Gasteiger partial charge on any atom is 0.137 e. The molecule has 1 aromatic carbocycles. The third-order valence-corrected chi connectivity index (χ3v) is 3.31. The van der Waals surface area contributed by atoms with Crippen LogP contribution in [0.15, 0.2) is 22.6 Å². The summed E-state index contributed by atoms with van der Waals surface area (Å²) in [7, 11) is 2.09. The van der Waals surface area contributed by atoms with Gasteiger partial charge in [-0.05, 0) is 25.6 Å². The lowest BCUT2D eigenvalue weighted by molar-refractivity contribution is 0.346. The van der Waals surface area contributed by atoms with Gasteiger partial charge < -0.3 is 9.32 Å². The van der Waals surface area contributed by atoms with Crippen molar-refractivity contribution in [3.63, 3.8) is 0 Å². The molecule has 0 spiro atoms. The molecule has 2 nitrogen and oxygen atoms in total. The van der Waals surface area contributed by atoms with Crippen LogP contribution in [0.25, 0.3) is 11.0 Å². The third kappa shape index (κ3) is 1.43. The standard InChI is InChI=1S/C13H14FNO/c1-15-7-5-9-11(6-8-15)16-12-4-2-3-10(14)13(9)12/h2-4H,5-8H2,1H3. The number of fused-ring (bicyclic) bond motifs is 3. The predicted octanol–water partition coefficient (Wildman–Crippen LogP) is 2.60. The molecule has 0 aliphatic carbocycles. The zero-order valence-electron chi connectivity index (χ0n) is 9.29. The smallest absolute Gasteiger partial charge is 0.137 e. The van der Waals surface area contributed by atoms with Gasteiger partial charge in [-0.15, -0.1) is 0 Å². The van der Waals surface area contributed by atoms with E-state index >= 15 is 0 Å². The van der Waals surface area contributed by atoms with Gasteiger partial charge in [-0.1, -0.05) is 6.07 Å². The molecule has 0 atom stereocenters. The van der Waals surface area contributed by atoms with E-state index in [1.807, 2.05) is 6.07 Å². The zero-order valence-corrected chi connectivity index (χ0v) is 9.29. The summed E-state index contributed by atoms with van der Waals surface area (Å²) in [6.07, 6.45) is 1.75. The molecule has 1 aromatic heterocycles. The largest absolute Gasteiger partial charge is 0.461 e. The number of halogens is 1. The molecule has 84 valence electrons. The van der Waals surface area contributed by atoms with Crippen molar-refractivity contribution >= 4 is 11.0 Å². The number of likely N-dealkylation sites (N-methyl/N-ethyl adjacent to an activating group) is 1. The van der Waals surface area contributed by atoms with E-state index in [-0.39, 0.29) is 5.82 Å². The summed E-state index contributed by atoms with van der Waals surface area (Å²) in [6.45, 7) is 1.95. The van der Waals surface area contributed by atoms with Crippen molar-refractivity contribution in [2.24, 2.45) is 0 Å². The van der Waals surface area contributed by atoms with Crippen LogP contribution in [-0.2, 0) is 12.8 Å². The highest BCUT2D eigenvalue weighted by Gasteiger charge is 2.20. The molecule has 0 unspecified atom stereocenters. The van der Waals surface area contributed by atoms with Crippen LogP contribution < -0.4 is 0 Å². The number of rotatable bonds is 0. The van der Waals surface area contributed by atoms with Gasteiger partial charge in [0, 0.05) is 25.1 Å². The Bertz CT molecular complexity index is 532. The number of furan rings is 1. The van der Waals surface area contributed by atoms with Crippen molar-refractivity contribution in [3.05, 3.63) is 35.3 Å². The summed E-state index contributed by atoms with van der Waals surface area (Å²) in [5.74, 6) is 0.802. The number of hydrogen-bond donors (Lipinski definition) is 0. The van der Waals surface area contributed by atoms with E-state index in [9.17, 15) is 4.39 Å². The molecule has 0 amide bonds. The first-order valence-corrected chi connectivity index (χ1v) is 5.63. The molecule has 1 aliphatic rings. The van der Waals surface area contributed by atoms with Crippen LogP contribution in [0.5, 0.6) is 0 Å². The Labute approximate surface area is 93.7 Å². The summed E-state index contributed by atoms with van der Waals surface area (Å²) in [4.78, 5) is 2.25. The van der Waals surface area contributed by atoms with E-state index in [2.05, 4.69) is 11.9 Å². The lowest BCUT2D eigenvalue weighted by Crippen LogP contribution is -2.20. The first kappa shape index (κ1) is 9.85. The minimum atomic E-state index is -0.160. The van der Waals surface area contributed by atoms with E-state index in [1.165, 1.54) is 6.07 Å². The van der Waals surface area contributed by atoms with Crippen molar-refractivity contribution in [1.29, 1.82) is 0 Å². The normalized spacial score (nSPS) is 17.4. The Morgan fingerprint density at radius 1 is 1.25 bits per heavy atom. The highest BCUT2D eigenvalue weighted by Crippen LogP contribution is 2.30. The van der Waals surface area contributed by atoms with E-state index < -0.39 is 0 Å². The van der Waals surface area contributed by atoms with Crippen molar-refractivity contribution in [2.45, 2.75) is 12.8 Å². The van der Waals surface area contributed by atoms with Gasteiger partial charge in [-0.3, -0.25) is 0 Å². The van der Waals surface area contributed by atoms with Gasteiger partial charge in [0.05, 0.1) is 5.39 Å². The van der Waals surface area contributed by atoms with E-state index in [1.54, 1.807) is 6.07 Å². The fraction of sp³-hybridized carbons (Fsp3) is 0.385. The SMILES string of the molecule is CN1CCc2oc3cccc(F)c3c2CC1. The molecule has 16 heavy (non-hydrogen) atoms. The zero-order chi connectivity index (χ0) is 11.1. The molecule has 0 saturated heterocycles. The summed E-state index contributed by atoms with van der Waals surface area (Å²) in [5, 5.41) is 0.688. The minimum Gasteiger partial charge on any atom is -0.461 e. The Hall–Kier alpha value is -1.35. The van der Waals surface area contributed by atoms with Crippen LogP contribution in [0.4, 0.5) is 4.39 Å². The average molecular weight is 219 g/mol. The molecule has 2 aromatic rings. The Morgan fingerprint density at radius 3 is 2.94 bits per heavy atom.